The number of methoxy groups -OCH3 is 1. The molecule has 2 aromatic heterocycles. The van der Waals surface area contributed by atoms with Gasteiger partial charge in [-0.3, -0.25) is 0 Å². The third kappa shape index (κ3) is 4.03. The van der Waals surface area contributed by atoms with Gasteiger partial charge in [0.25, 0.3) is 0 Å². The summed E-state index contributed by atoms with van der Waals surface area (Å²) in [5.41, 5.74) is 0.980. The van der Waals surface area contributed by atoms with Crippen molar-refractivity contribution in [2.45, 2.75) is 32.1 Å². The Morgan fingerprint density at radius 2 is 2.09 bits per heavy atom. The van der Waals surface area contributed by atoms with E-state index in [4.69, 9.17) is 9.15 Å². The number of aliphatic hydroxyl groups is 1. The van der Waals surface area contributed by atoms with Gasteiger partial charge in [-0.2, -0.15) is 0 Å². The molecule has 0 radical (unpaired) electrons. The summed E-state index contributed by atoms with van der Waals surface area (Å²) in [6.07, 6.45) is 3.19. The molecule has 1 aliphatic heterocycles. The normalized spacial score (nSPS) is 15.8. The molecule has 1 fully saturated rings. The van der Waals surface area contributed by atoms with Gasteiger partial charge in [0, 0.05) is 26.4 Å². The first-order valence-corrected chi connectivity index (χ1v) is 7.94. The first kappa shape index (κ1) is 15.8. The summed E-state index contributed by atoms with van der Waals surface area (Å²) in [7, 11) is 1.65. The van der Waals surface area contributed by atoms with Gasteiger partial charge in [-0.05, 0) is 37.1 Å². The Labute approximate surface area is 136 Å². The van der Waals surface area contributed by atoms with Crippen molar-refractivity contribution >= 4 is 11.5 Å². The fraction of sp³-hybridized carbons (Fsp3) is 0.471. The lowest BCUT2D eigenvalue weighted by Crippen LogP contribution is -2.36. The number of anilines is 2. The fourth-order valence-electron chi connectivity index (χ4n) is 2.78. The Hall–Kier alpha value is -2.05. The second kappa shape index (κ2) is 7.48. The van der Waals surface area contributed by atoms with E-state index in [0.717, 1.165) is 49.0 Å². The highest BCUT2D eigenvalue weighted by atomic mass is 16.5. The lowest BCUT2D eigenvalue weighted by molar-refractivity contribution is 0.145. The maximum Gasteiger partial charge on any atom is 0.151 e. The summed E-state index contributed by atoms with van der Waals surface area (Å²) in [6, 6.07) is 7.82. The Balaban J connectivity index is 1.65. The van der Waals surface area contributed by atoms with Crippen LogP contribution in [-0.2, 0) is 17.9 Å². The zero-order valence-corrected chi connectivity index (χ0v) is 13.4. The van der Waals surface area contributed by atoms with Gasteiger partial charge in [-0.1, -0.05) is 0 Å². The second-order valence-corrected chi connectivity index (χ2v) is 5.75. The van der Waals surface area contributed by atoms with Crippen LogP contribution in [0.4, 0.5) is 11.5 Å². The number of rotatable bonds is 6. The van der Waals surface area contributed by atoms with Crippen molar-refractivity contribution in [2.24, 2.45) is 0 Å². The van der Waals surface area contributed by atoms with Crippen molar-refractivity contribution in [2.75, 3.05) is 30.4 Å². The number of nitrogens with one attached hydrogen (secondary N) is 1. The first-order chi connectivity index (χ1) is 11.3. The monoisotopic (exact) mass is 317 g/mol. The van der Waals surface area contributed by atoms with Crippen LogP contribution in [0.25, 0.3) is 0 Å². The Morgan fingerprint density at radius 1 is 1.30 bits per heavy atom. The minimum absolute atomic E-state index is 0.186. The van der Waals surface area contributed by atoms with Crippen LogP contribution in [0.15, 0.2) is 34.9 Å². The quantitative estimate of drug-likeness (QED) is 0.852. The van der Waals surface area contributed by atoms with Gasteiger partial charge >= 0.3 is 0 Å². The van der Waals surface area contributed by atoms with E-state index in [1.807, 2.05) is 24.3 Å². The van der Waals surface area contributed by atoms with Crippen LogP contribution < -0.4 is 10.2 Å². The van der Waals surface area contributed by atoms with E-state index in [1.165, 1.54) is 0 Å². The number of ether oxygens (including phenoxy) is 1. The van der Waals surface area contributed by atoms with E-state index in [2.05, 4.69) is 15.2 Å². The molecule has 23 heavy (non-hydrogen) atoms. The number of aliphatic hydroxyl groups excluding tert-OH is 1. The van der Waals surface area contributed by atoms with Crippen LogP contribution >= 0.6 is 0 Å². The van der Waals surface area contributed by atoms with Crippen LogP contribution in [0, 0.1) is 0 Å². The van der Waals surface area contributed by atoms with E-state index in [9.17, 15) is 5.11 Å². The Bertz CT molecular complexity index is 621. The number of hydrogen-bond acceptors (Lipinski definition) is 6. The zero-order chi connectivity index (χ0) is 16.1. The van der Waals surface area contributed by atoms with Crippen molar-refractivity contribution in [3.63, 3.8) is 0 Å². The molecule has 0 aliphatic carbocycles. The zero-order valence-electron chi connectivity index (χ0n) is 13.4. The third-order valence-corrected chi connectivity index (χ3v) is 4.01. The van der Waals surface area contributed by atoms with Crippen molar-refractivity contribution in [1.82, 2.24) is 4.98 Å². The van der Waals surface area contributed by atoms with Crippen molar-refractivity contribution in [3.8, 4) is 0 Å². The van der Waals surface area contributed by atoms with Gasteiger partial charge in [-0.25, -0.2) is 4.98 Å². The number of piperidine rings is 1. The largest absolute Gasteiger partial charge is 0.462 e. The molecular formula is C17H23N3O3. The molecule has 6 nitrogen and oxygen atoms in total. The standard InChI is InChI=1S/C17H23N3O3/c1-22-12-15-5-4-14(23-15)11-19-16-3-2-8-18-17(16)20-9-6-13(21)7-10-20/h2-5,8,13,19,21H,6-7,9-12H2,1H3. The maximum absolute atomic E-state index is 9.66. The Morgan fingerprint density at radius 3 is 2.87 bits per heavy atom. The topological polar surface area (TPSA) is 70.8 Å². The highest BCUT2D eigenvalue weighted by Gasteiger charge is 2.20. The SMILES string of the molecule is COCc1ccc(CNc2cccnc2N2CCC(O)CC2)o1. The number of aromatic nitrogens is 1. The highest BCUT2D eigenvalue weighted by Crippen LogP contribution is 2.26. The van der Waals surface area contributed by atoms with Gasteiger partial charge in [-0.15, -0.1) is 0 Å². The smallest absolute Gasteiger partial charge is 0.151 e. The molecule has 3 heterocycles. The van der Waals surface area contributed by atoms with E-state index in [-0.39, 0.29) is 6.10 Å². The maximum atomic E-state index is 9.66. The molecule has 3 rings (SSSR count). The molecule has 0 spiro atoms. The van der Waals surface area contributed by atoms with E-state index >= 15 is 0 Å². The molecular weight excluding hydrogens is 294 g/mol. The van der Waals surface area contributed by atoms with Crippen LogP contribution in [0.5, 0.6) is 0 Å². The lowest BCUT2D eigenvalue weighted by atomic mass is 10.1. The van der Waals surface area contributed by atoms with Gasteiger partial charge in [0.05, 0.1) is 18.3 Å². The molecule has 0 unspecified atom stereocenters. The molecule has 2 N–H and O–H groups in total. The molecule has 2 aromatic rings. The molecule has 0 bridgehead atoms. The van der Waals surface area contributed by atoms with Crippen LogP contribution in [-0.4, -0.2) is 36.4 Å². The van der Waals surface area contributed by atoms with Crippen molar-refractivity contribution in [3.05, 3.63) is 42.0 Å². The fourth-order valence-corrected chi connectivity index (χ4v) is 2.78. The van der Waals surface area contributed by atoms with Crippen LogP contribution in [0.2, 0.25) is 0 Å². The van der Waals surface area contributed by atoms with E-state index in [1.54, 1.807) is 13.3 Å². The average Bonchev–Trinajstić information content (AvgIpc) is 3.02. The highest BCUT2D eigenvalue weighted by molar-refractivity contribution is 5.65. The van der Waals surface area contributed by atoms with Gasteiger partial charge in [0.2, 0.25) is 0 Å². The van der Waals surface area contributed by atoms with Crippen LogP contribution in [0.3, 0.4) is 0 Å². The molecule has 0 atom stereocenters. The molecule has 6 heteroatoms. The molecule has 124 valence electrons. The summed E-state index contributed by atoms with van der Waals surface area (Å²) in [5, 5.41) is 13.0. The first-order valence-electron chi connectivity index (χ1n) is 7.94. The third-order valence-electron chi connectivity index (χ3n) is 4.01. The molecule has 0 saturated carbocycles. The van der Waals surface area contributed by atoms with Crippen molar-refractivity contribution in [1.29, 1.82) is 0 Å². The molecule has 1 saturated heterocycles. The van der Waals surface area contributed by atoms with Gasteiger partial charge < -0.3 is 24.5 Å². The summed E-state index contributed by atoms with van der Waals surface area (Å²) < 4.78 is 10.8. The summed E-state index contributed by atoms with van der Waals surface area (Å²) >= 11 is 0. The van der Waals surface area contributed by atoms with Gasteiger partial charge in [0.1, 0.15) is 18.1 Å². The van der Waals surface area contributed by atoms with E-state index < -0.39 is 0 Å². The number of furan rings is 1. The predicted octanol–water partition coefficient (Wildman–Crippen LogP) is 2.39. The van der Waals surface area contributed by atoms with Gasteiger partial charge in [0.15, 0.2) is 5.82 Å². The molecule has 0 aromatic carbocycles. The number of pyridine rings is 1. The van der Waals surface area contributed by atoms with Crippen molar-refractivity contribution < 1.29 is 14.3 Å². The Kier molecular flexibility index (Phi) is 5.15. The minimum atomic E-state index is -0.186. The summed E-state index contributed by atoms with van der Waals surface area (Å²) in [5.74, 6) is 2.62. The average molecular weight is 317 g/mol. The lowest BCUT2D eigenvalue weighted by Gasteiger charge is -2.31. The van der Waals surface area contributed by atoms with E-state index in [0.29, 0.717) is 13.2 Å². The molecule has 1 aliphatic rings. The molecule has 0 amide bonds. The van der Waals surface area contributed by atoms with Crippen LogP contribution in [0.1, 0.15) is 24.4 Å². The predicted molar refractivity (Wildman–Crippen MR) is 88.4 cm³/mol. The number of nitrogens with zero attached hydrogens (tertiary/aromatic N) is 2. The summed E-state index contributed by atoms with van der Waals surface area (Å²) in [4.78, 5) is 6.72. The number of hydrogen-bond donors (Lipinski definition) is 2. The summed E-state index contributed by atoms with van der Waals surface area (Å²) in [6.45, 7) is 2.73. The second-order valence-electron chi connectivity index (χ2n) is 5.75. The minimum Gasteiger partial charge on any atom is -0.462 e.